The van der Waals surface area contributed by atoms with Crippen LogP contribution in [0.3, 0.4) is 0 Å². The number of likely N-dealkylation sites (tertiary alicyclic amines) is 1. The van der Waals surface area contributed by atoms with Gasteiger partial charge in [0, 0.05) is 17.9 Å². The summed E-state index contributed by atoms with van der Waals surface area (Å²) in [4.78, 5) is 14.1. The lowest BCUT2D eigenvalue weighted by molar-refractivity contribution is -0.116. The van der Waals surface area contributed by atoms with E-state index in [0.717, 1.165) is 18.5 Å². The molecular weight excluding hydrogens is 292 g/mol. The maximum Gasteiger partial charge on any atom is 0.178 e. The first kappa shape index (κ1) is 15.6. The maximum atomic E-state index is 11.9. The third-order valence-electron chi connectivity index (χ3n) is 5.10. The van der Waals surface area contributed by atoms with Crippen LogP contribution in [0.1, 0.15) is 24.0 Å². The summed E-state index contributed by atoms with van der Waals surface area (Å²) in [6.07, 6.45) is 5.11. The second kappa shape index (κ2) is 5.71. The molecule has 2 aliphatic rings. The normalized spacial score (nSPS) is 26.7. The van der Waals surface area contributed by atoms with Gasteiger partial charge >= 0.3 is 0 Å². The summed E-state index contributed by atoms with van der Waals surface area (Å²) in [5, 5.41) is 9.46. The van der Waals surface area contributed by atoms with Crippen LogP contribution in [0.2, 0.25) is 0 Å². The van der Waals surface area contributed by atoms with E-state index in [1.54, 1.807) is 13.2 Å². The molecule has 0 saturated carbocycles. The number of rotatable bonds is 3. The Balaban J connectivity index is 2.19. The lowest BCUT2D eigenvalue weighted by atomic mass is 9.69. The van der Waals surface area contributed by atoms with Crippen molar-refractivity contribution in [2.24, 2.45) is 0 Å². The summed E-state index contributed by atoms with van der Waals surface area (Å²) in [5.74, 6) is 1.16. The molecule has 5 nitrogen and oxygen atoms in total. The van der Waals surface area contributed by atoms with Crippen LogP contribution in [0.15, 0.2) is 24.3 Å². The Morgan fingerprint density at radius 2 is 2.13 bits per heavy atom. The quantitative estimate of drug-likeness (QED) is 0.855. The van der Waals surface area contributed by atoms with Gasteiger partial charge in [0.05, 0.1) is 19.8 Å². The molecule has 120 valence electrons. The highest BCUT2D eigenvalue weighted by atomic mass is 16.5. The fraction of sp³-hybridized carbons (Fsp3) is 0.444. The van der Waals surface area contributed by atoms with Crippen molar-refractivity contribution in [1.29, 1.82) is 5.26 Å². The van der Waals surface area contributed by atoms with E-state index in [9.17, 15) is 10.1 Å². The number of likely N-dealkylation sites (N-methyl/N-ethyl adjacent to an activating group) is 1. The molecule has 1 heterocycles. The average molecular weight is 312 g/mol. The van der Waals surface area contributed by atoms with Crippen molar-refractivity contribution in [3.63, 3.8) is 0 Å². The summed E-state index contributed by atoms with van der Waals surface area (Å²) < 4.78 is 10.7. The van der Waals surface area contributed by atoms with E-state index >= 15 is 0 Å². The van der Waals surface area contributed by atoms with Gasteiger partial charge in [-0.1, -0.05) is 6.08 Å². The van der Waals surface area contributed by atoms with Crippen molar-refractivity contribution in [3.8, 4) is 17.6 Å². The molecule has 0 amide bonds. The predicted molar refractivity (Wildman–Crippen MR) is 85.7 cm³/mol. The second-order valence-corrected chi connectivity index (χ2v) is 6.16. The van der Waals surface area contributed by atoms with Gasteiger partial charge in [-0.25, -0.2) is 0 Å². The molecule has 0 N–H and O–H groups in total. The molecule has 2 atom stereocenters. The number of carbonyl (C=O) groups is 1. The van der Waals surface area contributed by atoms with Gasteiger partial charge in [-0.2, -0.15) is 5.26 Å². The van der Waals surface area contributed by atoms with Crippen molar-refractivity contribution >= 4 is 5.78 Å². The number of methoxy groups -OCH3 is 2. The molecule has 5 heteroatoms. The van der Waals surface area contributed by atoms with Crippen LogP contribution in [0.5, 0.6) is 11.5 Å². The van der Waals surface area contributed by atoms with Crippen LogP contribution in [0.25, 0.3) is 0 Å². The van der Waals surface area contributed by atoms with Crippen molar-refractivity contribution in [2.75, 3.05) is 27.8 Å². The van der Waals surface area contributed by atoms with Gasteiger partial charge in [0.25, 0.3) is 0 Å². The molecule has 1 fully saturated rings. The van der Waals surface area contributed by atoms with Crippen molar-refractivity contribution in [2.45, 2.75) is 24.3 Å². The van der Waals surface area contributed by atoms with Gasteiger partial charge in [-0.05, 0) is 43.8 Å². The molecule has 1 aromatic carbocycles. The molecule has 1 saturated heterocycles. The number of nitrogens with zero attached hydrogens (tertiary/aromatic N) is 2. The lowest BCUT2D eigenvalue weighted by Gasteiger charge is -2.37. The number of ketones is 1. The third kappa shape index (κ3) is 2.30. The van der Waals surface area contributed by atoms with Crippen LogP contribution in [0.4, 0.5) is 0 Å². The predicted octanol–water partition coefficient (Wildman–Crippen LogP) is 2.05. The van der Waals surface area contributed by atoms with Crippen molar-refractivity contribution in [1.82, 2.24) is 4.90 Å². The Labute approximate surface area is 136 Å². The summed E-state index contributed by atoms with van der Waals surface area (Å²) >= 11 is 0. The summed E-state index contributed by atoms with van der Waals surface area (Å²) in [7, 11) is 5.14. The standard InChI is InChI=1S/C18H20N2O3/c1-20-7-6-18(5-4-14(21)10-16(18)20)13-8-12(11-19)17(23-3)15(9-13)22-2/h4-5,8-9,16H,6-7,10H2,1-3H3/t16?,18-/m0/s1. The highest BCUT2D eigenvalue weighted by Crippen LogP contribution is 2.47. The first-order valence-electron chi connectivity index (χ1n) is 7.64. The van der Waals surface area contributed by atoms with Gasteiger partial charge in [0.1, 0.15) is 6.07 Å². The number of hydrogen-bond acceptors (Lipinski definition) is 5. The van der Waals surface area contributed by atoms with Crippen LogP contribution in [0, 0.1) is 11.3 Å². The van der Waals surface area contributed by atoms with Gasteiger partial charge in [0.15, 0.2) is 17.3 Å². The smallest absolute Gasteiger partial charge is 0.178 e. The zero-order valence-electron chi connectivity index (χ0n) is 13.6. The van der Waals surface area contributed by atoms with Crippen LogP contribution < -0.4 is 9.47 Å². The fourth-order valence-corrected chi connectivity index (χ4v) is 3.86. The minimum atomic E-state index is -0.256. The van der Waals surface area contributed by atoms with Crippen LogP contribution >= 0.6 is 0 Å². The number of ether oxygens (including phenoxy) is 2. The minimum absolute atomic E-state index is 0.115. The number of fused-ring (bicyclic) bond motifs is 1. The number of allylic oxidation sites excluding steroid dienone is 1. The van der Waals surface area contributed by atoms with Gasteiger partial charge in [-0.15, -0.1) is 0 Å². The summed E-state index contributed by atoms with van der Waals surface area (Å²) in [6.45, 7) is 0.915. The number of nitriles is 1. The lowest BCUT2D eigenvalue weighted by Crippen LogP contribution is -2.43. The van der Waals surface area contributed by atoms with E-state index in [4.69, 9.17) is 9.47 Å². The molecule has 0 bridgehead atoms. The number of benzene rings is 1. The average Bonchev–Trinajstić information content (AvgIpc) is 2.91. The Bertz CT molecular complexity index is 720. The highest BCUT2D eigenvalue weighted by Gasteiger charge is 2.48. The fourth-order valence-electron chi connectivity index (χ4n) is 3.86. The van der Waals surface area contributed by atoms with Crippen molar-refractivity contribution < 1.29 is 14.3 Å². The van der Waals surface area contributed by atoms with E-state index in [0.29, 0.717) is 23.5 Å². The van der Waals surface area contributed by atoms with Gasteiger partial charge in [0.2, 0.25) is 0 Å². The Hall–Kier alpha value is -2.32. The van der Waals surface area contributed by atoms with Crippen molar-refractivity contribution in [3.05, 3.63) is 35.4 Å². The zero-order chi connectivity index (χ0) is 16.6. The van der Waals surface area contributed by atoms with E-state index in [-0.39, 0.29) is 17.2 Å². The van der Waals surface area contributed by atoms with E-state index in [2.05, 4.69) is 11.0 Å². The minimum Gasteiger partial charge on any atom is -0.493 e. The zero-order valence-corrected chi connectivity index (χ0v) is 13.6. The molecule has 1 aromatic rings. The molecule has 0 aromatic heterocycles. The molecule has 1 aliphatic heterocycles. The summed E-state index contributed by atoms with van der Waals surface area (Å²) in [6, 6.07) is 6.11. The topological polar surface area (TPSA) is 62.6 Å². The van der Waals surface area contributed by atoms with E-state index in [1.807, 2.05) is 25.3 Å². The monoisotopic (exact) mass is 312 g/mol. The maximum absolute atomic E-state index is 11.9. The summed E-state index contributed by atoms with van der Waals surface area (Å²) in [5.41, 5.74) is 1.20. The number of hydrogen-bond donors (Lipinski definition) is 0. The Kier molecular flexibility index (Phi) is 3.87. The SMILES string of the molecule is COc1cc([C@@]23C=CC(=O)CC2N(C)CC3)cc(C#N)c1OC. The van der Waals surface area contributed by atoms with Gasteiger partial charge < -0.3 is 14.4 Å². The highest BCUT2D eigenvalue weighted by molar-refractivity contribution is 5.92. The molecule has 1 aliphatic carbocycles. The largest absolute Gasteiger partial charge is 0.493 e. The van der Waals surface area contributed by atoms with Crippen LogP contribution in [-0.2, 0) is 10.2 Å². The molecule has 0 spiro atoms. The van der Waals surface area contributed by atoms with E-state index < -0.39 is 0 Å². The Morgan fingerprint density at radius 3 is 2.78 bits per heavy atom. The molecule has 1 unspecified atom stereocenters. The van der Waals surface area contributed by atoms with Crippen LogP contribution in [-0.4, -0.2) is 44.5 Å². The van der Waals surface area contributed by atoms with Gasteiger partial charge in [-0.3, -0.25) is 4.79 Å². The molecule has 23 heavy (non-hydrogen) atoms. The first-order chi connectivity index (χ1) is 11.1. The molecule has 3 rings (SSSR count). The first-order valence-corrected chi connectivity index (χ1v) is 7.64. The number of carbonyl (C=O) groups excluding carboxylic acids is 1. The third-order valence-corrected chi connectivity index (χ3v) is 5.10. The Morgan fingerprint density at radius 1 is 1.35 bits per heavy atom. The molecular formula is C18H20N2O3. The second-order valence-electron chi connectivity index (χ2n) is 6.16. The molecule has 0 radical (unpaired) electrons. The van der Waals surface area contributed by atoms with E-state index in [1.165, 1.54) is 7.11 Å².